The van der Waals surface area contributed by atoms with Crippen molar-refractivity contribution in [3.8, 4) is 0 Å². The van der Waals surface area contributed by atoms with Gasteiger partial charge < -0.3 is 14.5 Å². The zero-order chi connectivity index (χ0) is 11.3. The topological polar surface area (TPSA) is 34.4 Å². The van der Waals surface area contributed by atoms with E-state index in [2.05, 4.69) is 26.1 Å². The lowest BCUT2D eigenvalue weighted by atomic mass is 10.1. The number of hydrogen-bond acceptors (Lipinski definition) is 3. The van der Waals surface area contributed by atoms with Gasteiger partial charge in [0.25, 0.3) is 0 Å². The van der Waals surface area contributed by atoms with Crippen molar-refractivity contribution in [3.63, 3.8) is 0 Å². The second-order valence-electron chi connectivity index (χ2n) is 4.30. The van der Waals surface area contributed by atoms with Crippen LogP contribution in [0.15, 0.2) is 16.7 Å². The largest absolute Gasteiger partial charge is 0.467 e. The summed E-state index contributed by atoms with van der Waals surface area (Å²) in [6.07, 6.45) is 2.71. The minimum absolute atomic E-state index is 0.0797. The van der Waals surface area contributed by atoms with Crippen molar-refractivity contribution in [1.82, 2.24) is 5.32 Å². The SMILES string of the molecule is CCC(C)(C)OCc1occc1CNC. The van der Waals surface area contributed by atoms with Gasteiger partial charge in [0.2, 0.25) is 0 Å². The van der Waals surface area contributed by atoms with Crippen molar-refractivity contribution in [2.45, 2.75) is 45.9 Å². The number of nitrogens with one attached hydrogen (secondary N) is 1. The van der Waals surface area contributed by atoms with Crippen molar-refractivity contribution >= 4 is 0 Å². The van der Waals surface area contributed by atoms with Crippen LogP contribution in [0, 0.1) is 0 Å². The molecule has 0 saturated carbocycles. The fraction of sp³-hybridized carbons (Fsp3) is 0.667. The Morgan fingerprint density at radius 3 is 2.80 bits per heavy atom. The summed E-state index contributed by atoms with van der Waals surface area (Å²) in [5, 5.41) is 3.11. The minimum Gasteiger partial charge on any atom is -0.467 e. The van der Waals surface area contributed by atoms with E-state index in [1.54, 1.807) is 6.26 Å². The molecule has 0 fully saturated rings. The van der Waals surface area contributed by atoms with Crippen molar-refractivity contribution in [2.24, 2.45) is 0 Å². The standard InChI is InChI=1S/C12H21NO2/c1-5-12(2,3)15-9-11-10(8-13-4)6-7-14-11/h6-7,13H,5,8-9H2,1-4H3. The van der Waals surface area contributed by atoms with E-state index in [9.17, 15) is 0 Å². The maximum absolute atomic E-state index is 5.79. The van der Waals surface area contributed by atoms with Gasteiger partial charge in [-0.05, 0) is 33.4 Å². The van der Waals surface area contributed by atoms with Crippen LogP contribution in [0.2, 0.25) is 0 Å². The van der Waals surface area contributed by atoms with Gasteiger partial charge in [0, 0.05) is 12.1 Å². The van der Waals surface area contributed by atoms with Crippen molar-refractivity contribution < 1.29 is 9.15 Å². The Labute approximate surface area is 91.8 Å². The minimum atomic E-state index is -0.0797. The molecule has 0 aliphatic carbocycles. The Morgan fingerprint density at radius 2 is 2.20 bits per heavy atom. The van der Waals surface area contributed by atoms with Gasteiger partial charge in [0.15, 0.2) is 0 Å². The fourth-order valence-corrected chi connectivity index (χ4v) is 1.20. The molecule has 0 aliphatic rings. The van der Waals surface area contributed by atoms with E-state index < -0.39 is 0 Å². The molecule has 0 saturated heterocycles. The van der Waals surface area contributed by atoms with Crippen LogP contribution in [0.5, 0.6) is 0 Å². The molecule has 1 N–H and O–H groups in total. The van der Waals surface area contributed by atoms with Crippen LogP contribution in [0.4, 0.5) is 0 Å². The molecule has 1 heterocycles. The Kier molecular flexibility index (Phi) is 4.36. The third kappa shape index (κ3) is 3.68. The average Bonchev–Trinajstić information content (AvgIpc) is 2.64. The Morgan fingerprint density at radius 1 is 1.47 bits per heavy atom. The maximum atomic E-state index is 5.79. The highest BCUT2D eigenvalue weighted by molar-refractivity contribution is 5.16. The lowest BCUT2D eigenvalue weighted by molar-refractivity contribution is -0.0387. The number of hydrogen-bond donors (Lipinski definition) is 1. The van der Waals surface area contributed by atoms with E-state index in [4.69, 9.17) is 9.15 Å². The van der Waals surface area contributed by atoms with Gasteiger partial charge >= 0.3 is 0 Å². The highest BCUT2D eigenvalue weighted by Crippen LogP contribution is 2.19. The van der Waals surface area contributed by atoms with Gasteiger partial charge in [0.1, 0.15) is 12.4 Å². The molecule has 3 nitrogen and oxygen atoms in total. The number of furan rings is 1. The van der Waals surface area contributed by atoms with Gasteiger partial charge in [-0.3, -0.25) is 0 Å². The van der Waals surface area contributed by atoms with Crippen LogP contribution in [0.1, 0.15) is 38.5 Å². The van der Waals surface area contributed by atoms with E-state index in [1.165, 1.54) is 5.56 Å². The van der Waals surface area contributed by atoms with Crippen LogP contribution in [-0.2, 0) is 17.9 Å². The second-order valence-corrected chi connectivity index (χ2v) is 4.30. The molecular weight excluding hydrogens is 190 g/mol. The molecule has 0 spiro atoms. The molecule has 0 bridgehead atoms. The lowest BCUT2D eigenvalue weighted by Gasteiger charge is -2.23. The predicted octanol–water partition coefficient (Wildman–Crippen LogP) is 2.70. The van der Waals surface area contributed by atoms with Crippen LogP contribution in [0.25, 0.3) is 0 Å². The summed E-state index contributed by atoms with van der Waals surface area (Å²) < 4.78 is 11.2. The Hall–Kier alpha value is -0.800. The second kappa shape index (κ2) is 5.33. The van der Waals surface area contributed by atoms with Crippen LogP contribution in [0.3, 0.4) is 0 Å². The first-order valence-corrected chi connectivity index (χ1v) is 5.43. The normalized spacial score (nSPS) is 12.0. The summed E-state index contributed by atoms with van der Waals surface area (Å²) in [5.41, 5.74) is 1.09. The highest BCUT2D eigenvalue weighted by atomic mass is 16.5. The number of rotatable bonds is 6. The van der Waals surface area contributed by atoms with Crippen LogP contribution < -0.4 is 5.32 Å². The van der Waals surface area contributed by atoms with Gasteiger partial charge in [-0.15, -0.1) is 0 Å². The van der Waals surface area contributed by atoms with E-state index >= 15 is 0 Å². The zero-order valence-corrected chi connectivity index (χ0v) is 10.1. The van der Waals surface area contributed by atoms with Gasteiger partial charge in [-0.25, -0.2) is 0 Å². The summed E-state index contributed by atoms with van der Waals surface area (Å²) in [5.74, 6) is 0.922. The average molecular weight is 211 g/mol. The molecule has 0 amide bonds. The monoisotopic (exact) mass is 211 g/mol. The Balaban J connectivity index is 2.53. The first-order valence-electron chi connectivity index (χ1n) is 5.43. The van der Waals surface area contributed by atoms with E-state index in [0.717, 1.165) is 18.7 Å². The van der Waals surface area contributed by atoms with Gasteiger partial charge in [0.05, 0.1) is 11.9 Å². The van der Waals surface area contributed by atoms with E-state index in [-0.39, 0.29) is 5.60 Å². The third-order valence-electron chi connectivity index (χ3n) is 2.65. The molecule has 0 aliphatic heterocycles. The number of ether oxygens (including phenoxy) is 1. The van der Waals surface area contributed by atoms with Crippen molar-refractivity contribution in [2.75, 3.05) is 7.05 Å². The maximum Gasteiger partial charge on any atom is 0.133 e. The molecule has 86 valence electrons. The molecular formula is C12H21NO2. The van der Waals surface area contributed by atoms with Crippen molar-refractivity contribution in [3.05, 3.63) is 23.7 Å². The molecule has 0 aromatic carbocycles. The molecule has 0 radical (unpaired) electrons. The predicted molar refractivity (Wildman–Crippen MR) is 60.6 cm³/mol. The lowest BCUT2D eigenvalue weighted by Crippen LogP contribution is -2.23. The molecule has 15 heavy (non-hydrogen) atoms. The first-order chi connectivity index (χ1) is 7.09. The summed E-state index contributed by atoms with van der Waals surface area (Å²) in [6, 6.07) is 1.98. The summed E-state index contributed by atoms with van der Waals surface area (Å²) >= 11 is 0. The van der Waals surface area contributed by atoms with Gasteiger partial charge in [-0.2, -0.15) is 0 Å². The van der Waals surface area contributed by atoms with E-state index in [0.29, 0.717) is 6.61 Å². The van der Waals surface area contributed by atoms with Crippen LogP contribution in [-0.4, -0.2) is 12.6 Å². The summed E-state index contributed by atoms with van der Waals surface area (Å²) in [4.78, 5) is 0. The molecule has 3 heteroatoms. The molecule has 0 atom stereocenters. The summed E-state index contributed by atoms with van der Waals surface area (Å²) in [6.45, 7) is 7.67. The Bertz CT molecular complexity index is 292. The van der Waals surface area contributed by atoms with Crippen LogP contribution >= 0.6 is 0 Å². The first kappa shape index (κ1) is 12.3. The molecule has 1 aromatic heterocycles. The molecule has 1 rings (SSSR count). The fourth-order valence-electron chi connectivity index (χ4n) is 1.20. The van der Waals surface area contributed by atoms with Crippen molar-refractivity contribution in [1.29, 1.82) is 0 Å². The smallest absolute Gasteiger partial charge is 0.133 e. The molecule has 1 aromatic rings. The van der Waals surface area contributed by atoms with E-state index in [1.807, 2.05) is 13.1 Å². The quantitative estimate of drug-likeness (QED) is 0.785. The highest BCUT2D eigenvalue weighted by Gasteiger charge is 2.17. The van der Waals surface area contributed by atoms with Gasteiger partial charge in [-0.1, -0.05) is 6.92 Å². The summed E-state index contributed by atoms with van der Waals surface area (Å²) in [7, 11) is 1.92. The zero-order valence-electron chi connectivity index (χ0n) is 10.1. The third-order valence-corrected chi connectivity index (χ3v) is 2.65. The molecule has 0 unspecified atom stereocenters.